The van der Waals surface area contributed by atoms with Crippen LogP contribution in [0.5, 0.6) is 0 Å². The Hall–Kier alpha value is -2.37. The second kappa shape index (κ2) is 8.73. The van der Waals surface area contributed by atoms with E-state index in [0.717, 1.165) is 24.0 Å². The van der Waals surface area contributed by atoms with Gasteiger partial charge in [-0.1, -0.05) is 49.1 Å². The number of benzene rings is 1. The predicted octanol–water partition coefficient (Wildman–Crippen LogP) is 5.35. The van der Waals surface area contributed by atoms with E-state index in [4.69, 9.17) is 5.41 Å². The van der Waals surface area contributed by atoms with Gasteiger partial charge >= 0.3 is 0 Å². The van der Waals surface area contributed by atoms with E-state index in [0.29, 0.717) is 5.71 Å². The standard InChI is InChI=1S/C20H23N/c1-5-7-12-18(6-2)20(17(4)21)15-10-14-19-13-9-8-11-16(19)3/h5-6,8-13,21H,1-2,7,14H2,3-4H3. The van der Waals surface area contributed by atoms with E-state index < -0.39 is 0 Å². The summed E-state index contributed by atoms with van der Waals surface area (Å²) in [6, 6.07) is 8.31. The van der Waals surface area contributed by atoms with Crippen molar-refractivity contribution in [1.82, 2.24) is 0 Å². The summed E-state index contributed by atoms with van der Waals surface area (Å²) in [5.74, 6) is 0. The molecule has 0 aromatic heterocycles. The van der Waals surface area contributed by atoms with Crippen LogP contribution in [0, 0.1) is 12.3 Å². The quantitative estimate of drug-likeness (QED) is 0.301. The van der Waals surface area contributed by atoms with Gasteiger partial charge in [0.2, 0.25) is 0 Å². The highest BCUT2D eigenvalue weighted by Gasteiger charge is 2.02. The maximum atomic E-state index is 7.91. The Kier molecular flexibility index (Phi) is 6.94. The van der Waals surface area contributed by atoms with Crippen LogP contribution in [0.15, 0.2) is 78.6 Å². The Labute approximate surface area is 128 Å². The maximum Gasteiger partial charge on any atom is 0.0438 e. The fourth-order valence-electron chi connectivity index (χ4n) is 2.01. The molecule has 1 aromatic carbocycles. The minimum absolute atomic E-state index is 0.492. The van der Waals surface area contributed by atoms with Crippen molar-refractivity contribution < 1.29 is 0 Å². The predicted molar refractivity (Wildman–Crippen MR) is 93.0 cm³/mol. The molecule has 0 aliphatic rings. The van der Waals surface area contributed by atoms with Crippen LogP contribution in [0.4, 0.5) is 0 Å². The maximum absolute atomic E-state index is 7.91. The summed E-state index contributed by atoms with van der Waals surface area (Å²) in [5.41, 5.74) is 8.02. The first-order chi connectivity index (χ1) is 10.1. The molecule has 1 heteroatoms. The van der Waals surface area contributed by atoms with Gasteiger partial charge in [0.05, 0.1) is 0 Å². The summed E-state index contributed by atoms with van der Waals surface area (Å²) in [6.07, 6.45) is 9.18. The Morgan fingerprint density at radius 3 is 2.57 bits per heavy atom. The van der Waals surface area contributed by atoms with Crippen LogP contribution < -0.4 is 0 Å². The molecule has 0 bridgehead atoms. The number of hydrogen-bond acceptors (Lipinski definition) is 1. The number of allylic oxidation sites excluding steroid dienone is 5. The van der Waals surface area contributed by atoms with Gasteiger partial charge in [-0.15, -0.1) is 12.3 Å². The lowest BCUT2D eigenvalue weighted by Crippen LogP contribution is -1.97. The molecule has 0 saturated heterocycles. The molecule has 1 aromatic rings. The molecule has 1 N–H and O–H groups in total. The molecule has 0 aliphatic heterocycles. The fourth-order valence-corrected chi connectivity index (χ4v) is 2.01. The van der Waals surface area contributed by atoms with E-state index in [1.165, 1.54) is 11.1 Å². The fraction of sp³-hybridized carbons (Fsp3) is 0.200. The van der Waals surface area contributed by atoms with Crippen LogP contribution in [-0.4, -0.2) is 5.71 Å². The number of aryl methyl sites for hydroxylation is 1. The van der Waals surface area contributed by atoms with Crippen molar-refractivity contribution in [3.05, 3.63) is 89.7 Å². The zero-order valence-corrected chi connectivity index (χ0v) is 12.9. The molecule has 0 saturated carbocycles. The van der Waals surface area contributed by atoms with Gasteiger partial charge in [0.25, 0.3) is 0 Å². The highest BCUT2D eigenvalue weighted by atomic mass is 14.4. The summed E-state index contributed by atoms with van der Waals surface area (Å²) < 4.78 is 0. The van der Waals surface area contributed by atoms with Crippen molar-refractivity contribution >= 4 is 5.71 Å². The molecule has 0 spiro atoms. The molecule has 1 rings (SSSR count). The average molecular weight is 277 g/mol. The van der Waals surface area contributed by atoms with E-state index in [9.17, 15) is 0 Å². The minimum Gasteiger partial charge on any atom is -0.304 e. The van der Waals surface area contributed by atoms with Crippen LogP contribution in [0.25, 0.3) is 0 Å². The van der Waals surface area contributed by atoms with Crippen LogP contribution in [0.1, 0.15) is 24.5 Å². The molecule has 108 valence electrons. The average Bonchev–Trinajstić information content (AvgIpc) is 2.47. The third kappa shape index (κ3) is 5.25. The highest BCUT2D eigenvalue weighted by molar-refractivity contribution is 6.00. The number of rotatable bonds is 7. The zero-order valence-electron chi connectivity index (χ0n) is 12.9. The van der Waals surface area contributed by atoms with E-state index in [1.807, 2.05) is 30.4 Å². The van der Waals surface area contributed by atoms with Gasteiger partial charge in [-0.2, -0.15) is 0 Å². The summed E-state index contributed by atoms with van der Waals surface area (Å²) in [5, 5.41) is 7.91. The molecule has 0 aliphatic carbocycles. The Morgan fingerprint density at radius 1 is 1.29 bits per heavy atom. The number of nitrogens with one attached hydrogen (secondary N) is 1. The summed E-state index contributed by atoms with van der Waals surface area (Å²) in [7, 11) is 0. The monoisotopic (exact) mass is 277 g/mol. The van der Waals surface area contributed by atoms with Gasteiger partial charge in [-0.25, -0.2) is 0 Å². The Balaban J connectivity index is 3.07. The first-order valence-corrected chi connectivity index (χ1v) is 7.09. The summed E-state index contributed by atoms with van der Waals surface area (Å²) in [6.45, 7) is 11.4. The Morgan fingerprint density at radius 2 is 2.00 bits per heavy atom. The van der Waals surface area contributed by atoms with E-state index in [2.05, 4.69) is 37.9 Å². The van der Waals surface area contributed by atoms with Crippen molar-refractivity contribution in [3.8, 4) is 0 Å². The SMILES string of the molecule is C=CCC=C(C=C)C(=C=CCc1ccccc1C)C(C)=N. The molecular weight excluding hydrogens is 254 g/mol. The molecule has 0 heterocycles. The number of hydrogen-bond donors (Lipinski definition) is 1. The first kappa shape index (κ1) is 16.7. The normalized spacial score (nSPS) is 10.5. The lowest BCUT2D eigenvalue weighted by atomic mass is 10.0. The van der Waals surface area contributed by atoms with Crippen molar-refractivity contribution in [2.24, 2.45) is 0 Å². The van der Waals surface area contributed by atoms with Crippen LogP contribution >= 0.6 is 0 Å². The van der Waals surface area contributed by atoms with Crippen LogP contribution in [0.3, 0.4) is 0 Å². The lowest BCUT2D eigenvalue weighted by Gasteiger charge is -2.04. The van der Waals surface area contributed by atoms with E-state index in [1.54, 1.807) is 13.0 Å². The van der Waals surface area contributed by atoms with Crippen LogP contribution in [0.2, 0.25) is 0 Å². The topological polar surface area (TPSA) is 23.9 Å². The molecule has 0 atom stereocenters. The van der Waals surface area contributed by atoms with Crippen molar-refractivity contribution in [3.63, 3.8) is 0 Å². The van der Waals surface area contributed by atoms with Crippen molar-refractivity contribution in [2.45, 2.75) is 26.7 Å². The summed E-state index contributed by atoms with van der Waals surface area (Å²) >= 11 is 0. The van der Waals surface area contributed by atoms with Gasteiger partial charge in [-0.3, -0.25) is 0 Å². The smallest absolute Gasteiger partial charge is 0.0438 e. The second-order valence-electron chi connectivity index (χ2n) is 4.87. The van der Waals surface area contributed by atoms with Gasteiger partial charge in [0.15, 0.2) is 0 Å². The molecule has 0 fully saturated rings. The minimum atomic E-state index is 0.492. The third-order valence-corrected chi connectivity index (χ3v) is 3.22. The van der Waals surface area contributed by atoms with Gasteiger partial charge in [0.1, 0.15) is 0 Å². The summed E-state index contributed by atoms with van der Waals surface area (Å²) in [4.78, 5) is 0. The van der Waals surface area contributed by atoms with Crippen molar-refractivity contribution in [2.75, 3.05) is 0 Å². The van der Waals surface area contributed by atoms with Crippen LogP contribution in [-0.2, 0) is 6.42 Å². The molecule has 21 heavy (non-hydrogen) atoms. The van der Waals surface area contributed by atoms with Crippen molar-refractivity contribution in [1.29, 1.82) is 5.41 Å². The molecular formula is C20H23N. The van der Waals surface area contributed by atoms with Gasteiger partial charge in [0, 0.05) is 11.3 Å². The first-order valence-electron chi connectivity index (χ1n) is 7.09. The second-order valence-corrected chi connectivity index (χ2v) is 4.87. The zero-order chi connectivity index (χ0) is 15.7. The lowest BCUT2D eigenvalue weighted by molar-refractivity contribution is 1.21. The van der Waals surface area contributed by atoms with E-state index >= 15 is 0 Å². The van der Waals surface area contributed by atoms with Gasteiger partial charge < -0.3 is 5.41 Å². The molecule has 0 amide bonds. The third-order valence-electron chi connectivity index (χ3n) is 3.22. The largest absolute Gasteiger partial charge is 0.304 e. The van der Waals surface area contributed by atoms with Gasteiger partial charge in [-0.05, 0) is 49.5 Å². The molecule has 1 nitrogen and oxygen atoms in total. The molecule has 0 unspecified atom stereocenters. The Bertz CT molecular complexity index is 623. The van der Waals surface area contributed by atoms with E-state index in [-0.39, 0.29) is 0 Å². The highest BCUT2D eigenvalue weighted by Crippen LogP contribution is 2.13. The molecule has 0 radical (unpaired) electrons.